The van der Waals surface area contributed by atoms with Crippen molar-refractivity contribution in [3.05, 3.63) is 0 Å². The van der Waals surface area contributed by atoms with Gasteiger partial charge in [0, 0.05) is 0 Å². The van der Waals surface area contributed by atoms with Crippen molar-refractivity contribution < 1.29 is 9.68 Å². The first-order valence-electron chi connectivity index (χ1n) is 4.81. The summed E-state index contributed by atoms with van der Waals surface area (Å²) in [7, 11) is 3.31. The van der Waals surface area contributed by atoms with Crippen LogP contribution in [0.3, 0.4) is 0 Å². The lowest BCUT2D eigenvalue weighted by atomic mass is 9.80. The largest absolute Gasteiger partial charge is 0.305 e. The molecule has 0 amide bonds. The summed E-state index contributed by atoms with van der Waals surface area (Å²) in [5.41, 5.74) is 6.06. The van der Waals surface area contributed by atoms with Gasteiger partial charge in [0.1, 0.15) is 0 Å². The van der Waals surface area contributed by atoms with E-state index in [1.807, 2.05) is 0 Å². The van der Waals surface area contributed by atoms with Crippen LogP contribution in [0.2, 0.25) is 0 Å². The predicted octanol–water partition coefficient (Wildman–Crippen LogP) is 0.990. The summed E-state index contributed by atoms with van der Waals surface area (Å²) in [5, 5.41) is 0. The standard InChI is InChI=1S/C9H20N2O2/c1-9(11-13-3)7-5-4-6-8(9)10-12-2/h8,10-11H,4-7H2,1-3H3/t8-,9+/m0/s1. The Labute approximate surface area is 79.9 Å². The van der Waals surface area contributed by atoms with Crippen LogP contribution in [-0.2, 0) is 9.68 Å². The van der Waals surface area contributed by atoms with E-state index in [2.05, 4.69) is 17.9 Å². The monoisotopic (exact) mass is 188 g/mol. The molecule has 4 nitrogen and oxygen atoms in total. The van der Waals surface area contributed by atoms with Crippen molar-refractivity contribution in [3.63, 3.8) is 0 Å². The third-order valence-electron chi connectivity index (χ3n) is 2.80. The smallest absolute Gasteiger partial charge is 0.0579 e. The zero-order valence-corrected chi connectivity index (χ0v) is 8.72. The summed E-state index contributed by atoms with van der Waals surface area (Å²) >= 11 is 0. The molecule has 0 aromatic heterocycles. The Bertz CT molecular complexity index is 149. The van der Waals surface area contributed by atoms with Gasteiger partial charge in [-0.15, -0.1) is 0 Å². The number of hydroxylamine groups is 2. The van der Waals surface area contributed by atoms with Crippen LogP contribution in [0.25, 0.3) is 0 Å². The summed E-state index contributed by atoms with van der Waals surface area (Å²) in [6.07, 6.45) is 4.74. The van der Waals surface area contributed by atoms with Gasteiger partial charge in [-0.1, -0.05) is 12.8 Å². The van der Waals surface area contributed by atoms with Gasteiger partial charge in [-0.2, -0.15) is 11.0 Å². The number of nitrogens with one attached hydrogen (secondary N) is 2. The van der Waals surface area contributed by atoms with Gasteiger partial charge in [-0.3, -0.25) is 0 Å². The second kappa shape index (κ2) is 4.91. The highest BCUT2D eigenvalue weighted by Crippen LogP contribution is 2.28. The van der Waals surface area contributed by atoms with Crippen molar-refractivity contribution in [1.82, 2.24) is 11.0 Å². The van der Waals surface area contributed by atoms with Crippen LogP contribution in [0.4, 0.5) is 0 Å². The molecule has 1 fully saturated rings. The second-order valence-corrected chi connectivity index (χ2v) is 3.84. The van der Waals surface area contributed by atoms with Crippen molar-refractivity contribution >= 4 is 0 Å². The van der Waals surface area contributed by atoms with Crippen molar-refractivity contribution in [3.8, 4) is 0 Å². The highest BCUT2D eigenvalue weighted by Gasteiger charge is 2.36. The molecule has 78 valence electrons. The third kappa shape index (κ3) is 2.64. The maximum Gasteiger partial charge on any atom is 0.0579 e. The van der Waals surface area contributed by atoms with E-state index in [9.17, 15) is 0 Å². The Morgan fingerprint density at radius 2 is 2.00 bits per heavy atom. The predicted molar refractivity (Wildman–Crippen MR) is 51.0 cm³/mol. The SMILES string of the molecule is CON[C@H]1CCCC[C@@]1(C)NOC. The fourth-order valence-corrected chi connectivity index (χ4v) is 2.02. The fourth-order valence-electron chi connectivity index (χ4n) is 2.02. The molecule has 0 aromatic rings. The van der Waals surface area contributed by atoms with Crippen LogP contribution < -0.4 is 11.0 Å². The van der Waals surface area contributed by atoms with Crippen LogP contribution in [0.15, 0.2) is 0 Å². The lowest BCUT2D eigenvalue weighted by molar-refractivity contribution is -0.0539. The van der Waals surface area contributed by atoms with E-state index in [4.69, 9.17) is 9.68 Å². The molecule has 1 aliphatic carbocycles. The highest BCUT2D eigenvalue weighted by molar-refractivity contribution is 4.94. The molecule has 2 N–H and O–H groups in total. The first kappa shape index (κ1) is 10.9. The van der Waals surface area contributed by atoms with Crippen LogP contribution >= 0.6 is 0 Å². The molecule has 0 aliphatic heterocycles. The summed E-state index contributed by atoms with van der Waals surface area (Å²) in [6.45, 7) is 2.16. The van der Waals surface area contributed by atoms with Gasteiger partial charge < -0.3 is 9.68 Å². The Morgan fingerprint density at radius 3 is 2.62 bits per heavy atom. The van der Waals surface area contributed by atoms with E-state index in [0.29, 0.717) is 6.04 Å². The minimum absolute atomic E-state index is 0.0109. The zero-order valence-electron chi connectivity index (χ0n) is 8.72. The van der Waals surface area contributed by atoms with E-state index in [-0.39, 0.29) is 5.54 Å². The average Bonchev–Trinajstić information content (AvgIpc) is 2.10. The molecule has 0 bridgehead atoms. The fraction of sp³-hybridized carbons (Fsp3) is 1.00. The summed E-state index contributed by atoms with van der Waals surface area (Å²) in [6, 6.07) is 0.325. The quantitative estimate of drug-likeness (QED) is 0.646. The maximum absolute atomic E-state index is 5.02. The molecule has 1 aliphatic rings. The lowest BCUT2D eigenvalue weighted by Gasteiger charge is -2.40. The lowest BCUT2D eigenvalue weighted by Crippen LogP contribution is -2.58. The van der Waals surface area contributed by atoms with Crippen molar-refractivity contribution in [1.29, 1.82) is 0 Å². The molecule has 13 heavy (non-hydrogen) atoms. The van der Waals surface area contributed by atoms with Crippen molar-refractivity contribution in [2.45, 2.75) is 44.2 Å². The molecule has 1 saturated carbocycles. The van der Waals surface area contributed by atoms with Gasteiger partial charge in [0.25, 0.3) is 0 Å². The third-order valence-corrected chi connectivity index (χ3v) is 2.80. The normalized spacial score (nSPS) is 34.8. The minimum atomic E-state index is -0.0109. The Kier molecular flexibility index (Phi) is 4.12. The van der Waals surface area contributed by atoms with Gasteiger partial charge in [0.05, 0.1) is 25.8 Å². The van der Waals surface area contributed by atoms with E-state index in [1.54, 1.807) is 14.2 Å². The molecule has 0 radical (unpaired) electrons. The molecule has 0 aromatic carbocycles. The van der Waals surface area contributed by atoms with Crippen molar-refractivity contribution in [2.75, 3.05) is 14.2 Å². The number of hydrogen-bond donors (Lipinski definition) is 2. The molecular weight excluding hydrogens is 168 g/mol. The number of hydrogen-bond acceptors (Lipinski definition) is 4. The Hall–Kier alpha value is -0.160. The maximum atomic E-state index is 5.02. The Balaban J connectivity index is 2.54. The zero-order chi connectivity index (χ0) is 9.73. The van der Waals surface area contributed by atoms with Gasteiger partial charge in [0.2, 0.25) is 0 Å². The Morgan fingerprint density at radius 1 is 1.23 bits per heavy atom. The van der Waals surface area contributed by atoms with E-state index in [0.717, 1.165) is 12.8 Å². The first-order valence-corrected chi connectivity index (χ1v) is 4.81. The molecule has 0 saturated heterocycles. The molecule has 0 spiro atoms. The highest BCUT2D eigenvalue weighted by atomic mass is 16.6. The second-order valence-electron chi connectivity index (χ2n) is 3.84. The molecule has 0 heterocycles. The molecular formula is C9H20N2O2. The van der Waals surface area contributed by atoms with E-state index in [1.165, 1.54) is 12.8 Å². The van der Waals surface area contributed by atoms with Crippen molar-refractivity contribution in [2.24, 2.45) is 0 Å². The van der Waals surface area contributed by atoms with Crippen LogP contribution in [0, 0.1) is 0 Å². The molecule has 2 atom stereocenters. The number of rotatable bonds is 4. The van der Waals surface area contributed by atoms with Crippen LogP contribution in [-0.4, -0.2) is 25.8 Å². The molecule has 0 unspecified atom stereocenters. The van der Waals surface area contributed by atoms with E-state index >= 15 is 0 Å². The van der Waals surface area contributed by atoms with Gasteiger partial charge in [0.15, 0.2) is 0 Å². The summed E-state index contributed by atoms with van der Waals surface area (Å²) < 4.78 is 0. The van der Waals surface area contributed by atoms with E-state index < -0.39 is 0 Å². The van der Waals surface area contributed by atoms with Gasteiger partial charge in [-0.05, 0) is 19.8 Å². The average molecular weight is 188 g/mol. The van der Waals surface area contributed by atoms with Gasteiger partial charge >= 0.3 is 0 Å². The van der Waals surface area contributed by atoms with Crippen LogP contribution in [0.1, 0.15) is 32.6 Å². The first-order chi connectivity index (χ1) is 6.23. The summed E-state index contributed by atoms with van der Waals surface area (Å²) in [5.74, 6) is 0. The molecule has 4 heteroatoms. The van der Waals surface area contributed by atoms with Gasteiger partial charge in [-0.25, -0.2) is 0 Å². The topological polar surface area (TPSA) is 42.5 Å². The minimum Gasteiger partial charge on any atom is -0.305 e. The van der Waals surface area contributed by atoms with Crippen LogP contribution in [0.5, 0.6) is 0 Å². The summed E-state index contributed by atoms with van der Waals surface area (Å²) in [4.78, 5) is 9.99. The molecule has 1 rings (SSSR count).